The molecule has 1 atom stereocenters. The number of halogens is 4. The summed E-state index contributed by atoms with van der Waals surface area (Å²) in [5, 5.41) is 10.8. The van der Waals surface area contributed by atoms with E-state index in [1.807, 2.05) is 5.32 Å². The quantitative estimate of drug-likeness (QED) is 0.615. The highest BCUT2D eigenvalue weighted by Crippen LogP contribution is 2.33. The van der Waals surface area contributed by atoms with Crippen molar-refractivity contribution in [2.75, 3.05) is 0 Å². The number of fused-ring (bicyclic) bond motifs is 1. The summed E-state index contributed by atoms with van der Waals surface area (Å²) in [7, 11) is 0. The molecule has 2 N–H and O–H groups in total. The fourth-order valence-electron chi connectivity index (χ4n) is 3.43. The van der Waals surface area contributed by atoms with Crippen LogP contribution in [0.1, 0.15) is 40.9 Å². The largest absolute Gasteiger partial charge is 0.355 e. The Morgan fingerprint density at radius 1 is 1.23 bits per heavy atom. The number of alkyl halides is 2. The van der Waals surface area contributed by atoms with Crippen LogP contribution in [-0.4, -0.2) is 15.9 Å². The van der Waals surface area contributed by atoms with Crippen molar-refractivity contribution in [3.8, 4) is 6.07 Å². The van der Waals surface area contributed by atoms with Crippen molar-refractivity contribution in [3.05, 3.63) is 74.3 Å². The minimum absolute atomic E-state index is 0.0425. The molecule has 10 heteroatoms. The van der Waals surface area contributed by atoms with Crippen LogP contribution in [0.5, 0.6) is 0 Å². The Kier molecular flexibility index (Phi) is 5.55. The molecule has 0 spiro atoms. The average molecular weight is 432 g/mol. The number of nitriles is 1. The maximum absolute atomic E-state index is 15.0. The van der Waals surface area contributed by atoms with Gasteiger partial charge in [-0.3, -0.25) is 14.6 Å². The first kappa shape index (κ1) is 22.0. The molecule has 31 heavy (non-hydrogen) atoms. The SMILES string of the molecule is Cc1c(F)ccc2[nH]c(=O)c(C(F)(F)C(=O)N[C@H](C)c3ncc(C#N)cc3F)c(C)c12. The molecule has 0 saturated carbocycles. The molecule has 2 heterocycles. The number of nitrogens with zero attached hydrogens (tertiary/aromatic N) is 2. The smallest absolute Gasteiger partial charge is 0.342 e. The summed E-state index contributed by atoms with van der Waals surface area (Å²) >= 11 is 0. The Morgan fingerprint density at radius 2 is 1.90 bits per heavy atom. The van der Waals surface area contributed by atoms with Crippen LogP contribution in [0, 0.1) is 36.8 Å². The number of aromatic amines is 1. The van der Waals surface area contributed by atoms with Gasteiger partial charge in [0.2, 0.25) is 0 Å². The summed E-state index contributed by atoms with van der Waals surface area (Å²) in [6, 6.07) is 3.60. The number of carbonyl (C=O) groups excluding carboxylic acids is 1. The molecule has 3 aromatic rings. The molecule has 1 aromatic carbocycles. The molecule has 0 unspecified atom stereocenters. The molecule has 0 aliphatic rings. The van der Waals surface area contributed by atoms with E-state index in [9.17, 15) is 18.4 Å². The van der Waals surface area contributed by atoms with Gasteiger partial charge in [0.05, 0.1) is 22.9 Å². The van der Waals surface area contributed by atoms with Crippen molar-refractivity contribution in [2.45, 2.75) is 32.7 Å². The van der Waals surface area contributed by atoms with Crippen molar-refractivity contribution in [1.82, 2.24) is 15.3 Å². The number of amides is 1. The highest BCUT2D eigenvalue weighted by Gasteiger charge is 2.45. The predicted octanol–water partition coefficient (Wildman–Crippen LogP) is 3.66. The first-order valence-corrected chi connectivity index (χ1v) is 9.05. The first-order chi connectivity index (χ1) is 14.5. The van der Waals surface area contributed by atoms with Crippen LogP contribution in [0.15, 0.2) is 29.2 Å². The van der Waals surface area contributed by atoms with Crippen molar-refractivity contribution >= 4 is 16.8 Å². The van der Waals surface area contributed by atoms with Crippen molar-refractivity contribution in [1.29, 1.82) is 5.26 Å². The van der Waals surface area contributed by atoms with Gasteiger partial charge >= 0.3 is 5.92 Å². The molecule has 3 rings (SSSR count). The van der Waals surface area contributed by atoms with Crippen molar-refractivity contribution in [2.24, 2.45) is 0 Å². The molecule has 160 valence electrons. The van der Waals surface area contributed by atoms with E-state index in [2.05, 4.69) is 9.97 Å². The summed E-state index contributed by atoms with van der Waals surface area (Å²) in [6.45, 7) is 3.79. The van der Waals surface area contributed by atoms with Gasteiger partial charge in [-0.1, -0.05) is 0 Å². The Labute approximate surface area is 173 Å². The van der Waals surface area contributed by atoms with E-state index in [-0.39, 0.29) is 33.3 Å². The number of hydrogen-bond acceptors (Lipinski definition) is 4. The van der Waals surface area contributed by atoms with Gasteiger partial charge in [0.25, 0.3) is 11.5 Å². The van der Waals surface area contributed by atoms with E-state index in [1.165, 1.54) is 26.8 Å². The van der Waals surface area contributed by atoms with Crippen LogP contribution in [0.4, 0.5) is 17.6 Å². The third-order valence-corrected chi connectivity index (χ3v) is 4.98. The highest BCUT2D eigenvalue weighted by atomic mass is 19.3. The van der Waals surface area contributed by atoms with Gasteiger partial charge in [-0.05, 0) is 50.1 Å². The minimum Gasteiger partial charge on any atom is -0.342 e. The average Bonchev–Trinajstić information content (AvgIpc) is 2.69. The number of H-pyrrole nitrogens is 1. The lowest BCUT2D eigenvalue weighted by molar-refractivity contribution is -0.148. The summed E-state index contributed by atoms with van der Waals surface area (Å²) in [6.07, 6.45) is 1.04. The molecule has 0 aliphatic carbocycles. The molecule has 6 nitrogen and oxygen atoms in total. The lowest BCUT2D eigenvalue weighted by Crippen LogP contribution is -2.43. The summed E-state index contributed by atoms with van der Waals surface area (Å²) in [5.41, 5.74) is -2.82. The van der Waals surface area contributed by atoms with Crippen molar-refractivity contribution < 1.29 is 22.4 Å². The van der Waals surface area contributed by atoms with Gasteiger partial charge in [-0.2, -0.15) is 14.0 Å². The molecule has 0 fully saturated rings. The number of rotatable bonds is 4. The topological polar surface area (TPSA) is 98.6 Å². The zero-order chi connectivity index (χ0) is 23.1. The number of pyridine rings is 2. The van der Waals surface area contributed by atoms with E-state index >= 15 is 8.78 Å². The number of nitrogens with one attached hydrogen (secondary N) is 2. The van der Waals surface area contributed by atoms with Crippen LogP contribution in [0.3, 0.4) is 0 Å². The number of benzene rings is 1. The standard InChI is InChI=1S/C21H16F4N4O2/c1-9-13(22)4-5-15-16(9)10(2)17(19(30)29-15)21(24,25)20(31)28-11(3)18-14(23)6-12(7-26)8-27-18/h4-6,8,11H,1-3H3,(H,28,31)(H,29,30)/t11-/m1/s1. The van der Waals surface area contributed by atoms with Gasteiger partial charge in [0.15, 0.2) is 0 Å². The van der Waals surface area contributed by atoms with Crippen molar-refractivity contribution in [3.63, 3.8) is 0 Å². The molecule has 0 bridgehead atoms. The second-order valence-electron chi connectivity index (χ2n) is 7.02. The summed E-state index contributed by atoms with van der Waals surface area (Å²) < 4.78 is 58.1. The monoisotopic (exact) mass is 432 g/mol. The molecule has 0 aliphatic heterocycles. The number of aromatic nitrogens is 2. The number of aryl methyl sites for hydroxylation is 2. The molecule has 0 saturated heterocycles. The third kappa shape index (κ3) is 3.74. The zero-order valence-electron chi connectivity index (χ0n) is 16.6. The second kappa shape index (κ2) is 7.83. The van der Waals surface area contributed by atoms with Gasteiger partial charge in [-0.15, -0.1) is 0 Å². The summed E-state index contributed by atoms with van der Waals surface area (Å²) in [4.78, 5) is 30.7. The zero-order valence-corrected chi connectivity index (χ0v) is 16.6. The predicted molar refractivity (Wildman–Crippen MR) is 103 cm³/mol. The lowest BCUT2D eigenvalue weighted by atomic mass is 9.96. The molecular weight excluding hydrogens is 416 g/mol. The maximum atomic E-state index is 15.0. The van der Waals surface area contributed by atoms with E-state index in [0.29, 0.717) is 0 Å². The minimum atomic E-state index is -4.30. The maximum Gasteiger partial charge on any atom is 0.355 e. The van der Waals surface area contributed by atoms with Crippen LogP contribution in [0.2, 0.25) is 0 Å². The molecule has 0 radical (unpaired) electrons. The first-order valence-electron chi connectivity index (χ1n) is 9.05. The van der Waals surface area contributed by atoms with Crippen LogP contribution >= 0.6 is 0 Å². The molecule has 1 amide bonds. The van der Waals surface area contributed by atoms with E-state index in [1.54, 1.807) is 6.07 Å². The van der Waals surface area contributed by atoms with Crippen LogP contribution in [-0.2, 0) is 10.7 Å². The normalized spacial score (nSPS) is 12.5. The Morgan fingerprint density at radius 3 is 2.52 bits per heavy atom. The second-order valence-corrected chi connectivity index (χ2v) is 7.02. The highest BCUT2D eigenvalue weighted by molar-refractivity contribution is 5.90. The Hall–Kier alpha value is -3.74. The van der Waals surface area contributed by atoms with Crippen LogP contribution in [0.25, 0.3) is 10.9 Å². The molecular formula is C21H16F4N4O2. The van der Waals surface area contributed by atoms with E-state index in [4.69, 9.17) is 5.26 Å². The fraction of sp³-hybridized carbons (Fsp3) is 0.238. The lowest BCUT2D eigenvalue weighted by Gasteiger charge is -2.22. The van der Waals surface area contributed by atoms with E-state index < -0.39 is 40.6 Å². The summed E-state index contributed by atoms with van der Waals surface area (Å²) in [5.74, 6) is -7.77. The van der Waals surface area contributed by atoms with Gasteiger partial charge in [-0.25, -0.2) is 8.78 Å². The number of carbonyl (C=O) groups is 1. The Balaban J connectivity index is 2.02. The van der Waals surface area contributed by atoms with Gasteiger partial charge in [0.1, 0.15) is 17.7 Å². The third-order valence-electron chi connectivity index (χ3n) is 4.98. The van der Waals surface area contributed by atoms with Gasteiger partial charge < -0.3 is 10.3 Å². The fourth-order valence-corrected chi connectivity index (χ4v) is 3.43. The number of hydrogen-bond donors (Lipinski definition) is 2. The molecule has 2 aromatic heterocycles. The van der Waals surface area contributed by atoms with E-state index in [0.717, 1.165) is 18.3 Å². The Bertz CT molecular complexity index is 1310. The van der Waals surface area contributed by atoms with Gasteiger partial charge in [0, 0.05) is 17.1 Å². The van der Waals surface area contributed by atoms with Crippen LogP contribution < -0.4 is 10.9 Å².